The summed E-state index contributed by atoms with van der Waals surface area (Å²) in [5, 5.41) is 3.08. The Morgan fingerprint density at radius 3 is 2.71 bits per heavy atom. The molecule has 3 aromatic rings. The second-order valence-electron chi connectivity index (χ2n) is 5.32. The van der Waals surface area contributed by atoms with Gasteiger partial charge in [0, 0.05) is 22.1 Å². The minimum absolute atomic E-state index is 0.779. The number of nitrogens with zero attached hydrogens (tertiary/aromatic N) is 1. The van der Waals surface area contributed by atoms with Crippen LogP contribution in [0.1, 0.15) is 11.3 Å². The summed E-state index contributed by atoms with van der Waals surface area (Å²) in [7, 11) is 3.32. The highest BCUT2D eigenvalue weighted by molar-refractivity contribution is 7.98. The normalized spacial score (nSPS) is 10.6. The van der Waals surface area contributed by atoms with Crippen molar-refractivity contribution in [3.05, 3.63) is 59.1 Å². The molecule has 0 atom stereocenters. The summed E-state index contributed by atoms with van der Waals surface area (Å²) in [4.78, 5) is 6.03. The third-order valence-corrected chi connectivity index (χ3v) is 5.52. The number of benzene rings is 2. The van der Waals surface area contributed by atoms with E-state index in [0.717, 1.165) is 33.5 Å². The molecule has 1 aromatic heterocycles. The van der Waals surface area contributed by atoms with E-state index in [-0.39, 0.29) is 0 Å². The van der Waals surface area contributed by atoms with Crippen LogP contribution < -0.4 is 9.47 Å². The van der Waals surface area contributed by atoms with Gasteiger partial charge >= 0.3 is 0 Å². The van der Waals surface area contributed by atoms with Crippen molar-refractivity contribution >= 4 is 23.1 Å². The first-order valence-electron chi connectivity index (χ1n) is 7.56. The molecule has 0 N–H and O–H groups in total. The van der Waals surface area contributed by atoms with Crippen LogP contribution in [0.15, 0.2) is 52.7 Å². The van der Waals surface area contributed by atoms with Crippen molar-refractivity contribution in [2.75, 3.05) is 14.2 Å². The molecule has 0 radical (unpaired) electrons. The van der Waals surface area contributed by atoms with Gasteiger partial charge in [-0.2, -0.15) is 0 Å². The molecule has 0 aliphatic rings. The van der Waals surface area contributed by atoms with Crippen LogP contribution in [-0.4, -0.2) is 19.2 Å². The van der Waals surface area contributed by atoms with Gasteiger partial charge in [0.15, 0.2) is 0 Å². The number of hydrogen-bond acceptors (Lipinski definition) is 5. The largest absolute Gasteiger partial charge is 0.497 e. The minimum Gasteiger partial charge on any atom is -0.497 e. The zero-order valence-corrected chi connectivity index (χ0v) is 15.5. The highest BCUT2D eigenvalue weighted by Crippen LogP contribution is 2.35. The van der Waals surface area contributed by atoms with Crippen LogP contribution in [0.25, 0.3) is 10.6 Å². The fraction of sp³-hybridized carbons (Fsp3) is 0.211. The minimum atomic E-state index is 0.779. The van der Waals surface area contributed by atoms with Gasteiger partial charge in [-0.25, -0.2) is 4.98 Å². The molecule has 2 aromatic carbocycles. The molecule has 0 spiro atoms. The quantitative estimate of drug-likeness (QED) is 0.551. The second kappa shape index (κ2) is 7.73. The lowest BCUT2D eigenvalue weighted by atomic mass is 10.2. The molecule has 0 saturated carbocycles. The molecule has 5 heteroatoms. The summed E-state index contributed by atoms with van der Waals surface area (Å²) in [6, 6.07) is 14.3. The fourth-order valence-corrected chi connectivity index (χ4v) is 4.20. The number of ether oxygens (including phenoxy) is 2. The SMILES string of the molecule is COc1ccc(-c2nc(CSc3cccc(C)c3)cs2)c(OC)c1. The molecular weight excluding hydrogens is 338 g/mol. The summed E-state index contributed by atoms with van der Waals surface area (Å²) in [5.41, 5.74) is 3.36. The maximum Gasteiger partial charge on any atom is 0.132 e. The van der Waals surface area contributed by atoms with Gasteiger partial charge in [-0.1, -0.05) is 17.7 Å². The average Bonchev–Trinajstić information content (AvgIpc) is 3.08. The predicted molar refractivity (Wildman–Crippen MR) is 101 cm³/mol. The van der Waals surface area contributed by atoms with E-state index in [2.05, 4.69) is 36.6 Å². The Hall–Kier alpha value is -1.98. The van der Waals surface area contributed by atoms with Crippen LogP contribution in [0.5, 0.6) is 11.5 Å². The van der Waals surface area contributed by atoms with E-state index in [1.165, 1.54) is 10.5 Å². The van der Waals surface area contributed by atoms with E-state index in [1.807, 2.05) is 18.2 Å². The smallest absolute Gasteiger partial charge is 0.132 e. The van der Waals surface area contributed by atoms with Crippen LogP contribution >= 0.6 is 23.1 Å². The van der Waals surface area contributed by atoms with E-state index in [0.29, 0.717) is 0 Å². The van der Waals surface area contributed by atoms with Crippen LogP contribution in [0.2, 0.25) is 0 Å². The molecule has 0 aliphatic carbocycles. The summed E-state index contributed by atoms with van der Waals surface area (Å²) < 4.78 is 10.7. The highest BCUT2D eigenvalue weighted by Gasteiger charge is 2.12. The van der Waals surface area contributed by atoms with Gasteiger partial charge in [-0.3, -0.25) is 0 Å². The Morgan fingerprint density at radius 1 is 1.08 bits per heavy atom. The number of hydrogen-bond donors (Lipinski definition) is 0. The van der Waals surface area contributed by atoms with E-state index in [4.69, 9.17) is 14.5 Å². The Balaban J connectivity index is 1.76. The second-order valence-corrected chi connectivity index (χ2v) is 7.22. The molecule has 124 valence electrons. The highest BCUT2D eigenvalue weighted by atomic mass is 32.2. The lowest BCUT2D eigenvalue weighted by Crippen LogP contribution is -1.90. The molecule has 0 amide bonds. The number of thioether (sulfide) groups is 1. The Morgan fingerprint density at radius 2 is 1.96 bits per heavy atom. The van der Waals surface area contributed by atoms with Crippen LogP contribution in [-0.2, 0) is 5.75 Å². The number of thiazole rings is 1. The summed E-state index contributed by atoms with van der Waals surface area (Å²) in [6.45, 7) is 2.11. The molecule has 3 rings (SSSR count). The summed E-state index contributed by atoms with van der Waals surface area (Å²) in [6.07, 6.45) is 0. The van der Waals surface area contributed by atoms with Crippen molar-refractivity contribution < 1.29 is 9.47 Å². The predicted octanol–water partition coefficient (Wildman–Crippen LogP) is 5.43. The van der Waals surface area contributed by atoms with Crippen molar-refractivity contribution in [3.8, 4) is 22.1 Å². The third kappa shape index (κ3) is 3.91. The van der Waals surface area contributed by atoms with Crippen molar-refractivity contribution in [2.45, 2.75) is 17.6 Å². The van der Waals surface area contributed by atoms with Crippen LogP contribution in [0.3, 0.4) is 0 Å². The molecule has 0 unspecified atom stereocenters. The molecule has 0 aliphatic heterocycles. The Kier molecular flexibility index (Phi) is 5.43. The van der Waals surface area contributed by atoms with Gasteiger partial charge in [0.1, 0.15) is 16.5 Å². The van der Waals surface area contributed by atoms with Crippen molar-refractivity contribution in [3.63, 3.8) is 0 Å². The van der Waals surface area contributed by atoms with Gasteiger partial charge in [0.2, 0.25) is 0 Å². The maximum atomic E-state index is 5.48. The van der Waals surface area contributed by atoms with E-state index in [9.17, 15) is 0 Å². The molecule has 3 nitrogen and oxygen atoms in total. The van der Waals surface area contributed by atoms with Crippen LogP contribution in [0, 0.1) is 6.92 Å². The zero-order chi connectivity index (χ0) is 16.9. The van der Waals surface area contributed by atoms with E-state index >= 15 is 0 Å². The van der Waals surface area contributed by atoms with Gasteiger partial charge in [-0.05, 0) is 31.2 Å². The number of methoxy groups -OCH3 is 2. The monoisotopic (exact) mass is 357 g/mol. The standard InChI is InChI=1S/C19H19NO2S2/c1-13-5-4-6-16(9-13)23-11-14-12-24-19(20-14)17-8-7-15(21-2)10-18(17)22-3/h4-10,12H,11H2,1-3H3. The van der Waals surface area contributed by atoms with Crippen molar-refractivity contribution in [1.29, 1.82) is 0 Å². The fourth-order valence-electron chi connectivity index (χ4n) is 2.33. The summed E-state index contributed by atoms with van der Waals surface area (Å²) >= 11 is 3.44. The number of rotatable bonds is 6. The van der Waals surface area contributed by atoms with Crippen LogP contribution in [0.4, 0.5) is 0 Å². The first-order valence-corrected chi connectivity index (χ1v) is 9.42. The molecule has 0 fully saturated rings. The molecule has 1 heterocycles. The molecular formula is C19H19NO2S2. The molecule has 0 bridgehead atoms. The molecule has 24 heavy (non-hydrogen) atoms. The van der Waals surface area contributed by atoms with E-state index in [1.54, 1.807) is 37.3 Å². The topological polar surface area (TPSA) is 31.4 Å². The number of aryl methyl sites for hydroxylation is 1. The zero-order valence-electron chi connectivity index (χ0n) is 13.9. The van der Waals surface area contributed by atoms with E-state index < -0.39 is 0 Å². The average molecular weight is 358 g/mol. The van der Waals surface area contributed by atoms with Gasteiger partial charge in [-0.15, -0.1) is 23.1 Å². The van der Waals surface area contributed by atoms with Crippen molar-refractivity contribution in [2.24, 2.45) is 0 Å². The third-order valence-electron chi connectivity index (χ3n) is 3.57. The van der Waals surface area contributed by atoms with Gasteiger partial charge in [0.25, 0.3) is 0 Å². The lowest BCUT2D eigenvalue weighted by Gasteiger charge is -2.08. The van der Waals surface area contributed by atoms with Crippen molar-refractivity contribution in [1.82, 2.24) is 4.98 Å². The first kappa shape index (κ1) is 16.9. The van der Waals surface area contributed by atoms with Gasteiger partial charge in [0.05, 0.1) is 25.5 Å². The Bertz CT molecular complexity index is 830. The van der Waals surface area contributed by atoms with Gasteiger partial charge < -0.3 is 9.47 Å². The molecule has 0 saturated heterocycles. The summed E-state index contributed by atoms with van der Waals surface area (Å²) in [5.74, 6) is 2.42. The Labute approximate surface area is 150 Å². The first-order chi connectivity index (χ1) is 11.7. The lowest BCUT2D eigenvalue weighted by molar-refractivity contribution is 0.395. The maximum absolute atomic E-state index is 5.48. The number of aromatic nitrogens is 1.